The molecule has 21 heavy (non-hydrogen) atoms. The summed E-state index contributed by atoms with van der Waals surface area (Å²) in [4.78, 5) is 12.0. The number of amides is 1. The second kappa shape index (κ2) is 6.41. The van der Waals surface area contributed by atoms with E-state index in [2.05, 4.69) is 10.6 Å². The van der Waals surface area contributed by atoms with E-state index in [0.717, 1.165) is 23.5 Å². The lowest BCUT2D eigenvalue weighted by Crippen LogP contribution is -2.22. The maximum Gasteiger partial charge on any atom is 0.229 e. The van der Waals surface area contributed by atoms with Crippen LogP contribution in [0.1, 0.15) is 6.42 Å². The molecule has 0 spiro atoms. The Bertz CT molecular complexity index is 590. The average Bonchev–Trinajstić information content (AvgIpc) is 3.05. The second-order valence-corrected chi connectivity index (χ2v) is 5.12. The first-order valence-electron chi connectivity index (χ1n) is 7.12. The quantitative estimate of drug-likeness (QED) is 0.903. The third-order valence-electron chi connectivity index (χ3n) is 3.52. The van der Waals surface area contributed by atoms with Gasteiger partial charge >= 0.3 is 0 Å². The standard InChI is InChI=1S/C17H18N2O2/c20-17(13-10-11-21-12-13)19-16-8-6-15(7-9-16)18-14-4-2-1-3-5-14/h1-9,13,18H,10-12H2,(H,19,20). The van der Waals surface area contributed by atoms with Gasteiger partial charge in [-0.3, -0.25) is 4.79 Å². The molecule has 108 valence electrons. The predicted molar refractivity (Wildman–Crippen MR) is 83.7 cm³/mol. The highest BCUT2D eigenvalue weighted by atomic mass is 16.5. The van der Waals surface area contributed by atoms with Crippen molar-refractivity contribution in [1.82, 2.24) is 0 Å². The zero-order valence-corrected chi connectivity index (χ0v) is 11.7. The molecule has 1 atom stereocenters. The first-order chi connectivity index (χ1) is 10.3. The Balaban J connectivity index is 1.60. The van der Waals surface area contributed by atoms with Gasteiger partial charge in [0.2, 0.25) is 5.91 Å². The van der Waals surface area contributed by atoms with Gasteiger partial charge in [0.25, 0.3) is 0 Å². The number of hydrogen-bond donors (Lipinski definition) is 2. The number of para-hydroxylation sites is 1. The molecule has 1 fully saturated rings. The van der Waals surface area contributed by atoms with E-state index in [0.29, 0.717) is 13.2 Å². The van der Waals surface area contributed by atoms with Crippen LogP contribution in [-0.4, -0.2) is 19.1 Å². The van der Waals surface area contributed by atoms with Gasteiger partial charge in [0, 0.05) is 23.7 Å². The topological polar surface area (TPSA) is 50.4 Å². The van der Waals surface area contributed by atoms with Crippen LogP contribution < -0.4 is 10.6 Å². The molecule has 2 aromatic rings. The Morgan fingerprint density at radius 3 is 2.29 bits per heavy atom. The second-order valence-electron chi connectivity index (χ2n) is 5.12. The zero-order valence-electron chi connectivity index (χ0n) is 11.7. The van der Waals surface area contributed by atoms with E-state index >= 15 is 0 Å². The van der Waals surface area contributed by atoms with Crippen LogP contribution in [0.5, 0.6) is 0 Å². The average molecular weight is 282 g/mol. The Morgan fingerprint density at radius 1 is 0.952 bits per heavy atom. The molecule has 1 aliphatic heterocycles. The van der Waals surface area contributed by atoms with Crippen LogP contribution in [0, 0.1) is 5.92 Å². The molecule has 1 amide bonds. The number of benzene rings is 2. The van der Waals surface area contributed by atoms with Crippen LogP contribution in [0.2, 0.25) is 0 Å². The molecule has 1 heterocycles. The van der Waals surface area contributed by atoms with Gasteiger partial charge in [-0.25, -0.2) is 0 Å². The lowest BCUT2D eigenvalue weighted by molar-refractivity contribution is -0.119. The summed E-state index contributed by atoms with van der Waals surface area (Å²) in [6.07, 6.45) is 0.805. The molecule has 4 heteroatoms. The van der Waals surface area contributed by atoms with E-state index in [4.69, 9.17) is 4.74 Å². The number of ether oxygens (including phenoxy) is 1. The summed E-state index contributed by atoms with van der Waals surface area (Å²) in [5.41, 5.74) is 2.84. The molecule has 0 radical (unpaired) electrons. The Morgan fingerprint density at radius 2 is 1.62 bits per heavy atom. The first-order valence-corrected chi connectivity index (χ1v) is 7.12. The van der Waals surface area contributed by atoms with E-state index in [9.17, 15) is 4.79 Å². The highest BCUT2D eigenvalue weighted by Crippen LogP contribution is 2.20. The summed E-state index contributed by atoms with van der Waals surface area (Å²) in [7, 11) is 0. The number of anilines is 3. The number of carbonyl (C=O) groups is 1. The van der Waals surface area contributed by atoms with Gasteiger partial charge < -0.3 is 15.4 Å². The smallest absolute Gasteiger partial charge is 0.229 e. The molecule has 1 unspecified atom stereocenters. The molecular formula is C17H18N2O2. The summed E-state index contributed by atoms with van der Waals surface area (Å²) in [6.45, 7) is 1.21. The largest absolute Gasteiger partial charge is 0.381 e. The number of nitrogens with one attached hydrogen (secondary N) is 2. The van der Waals surface area contributed by atoms with Crippen molar-refractivity contribution in [3.8, 4) is 0 Å². The maximum atomic E-state index is 12.0. The fourth-order valence-corrected chi connectivity index (χ4v) is 2.31. The van der Waals surface area contributed by atoms with Gasteiger partial charge in [-0.2, -0.15) is 0 Å². The number of carbonyl (C=O) groups excluding carboxylic acids is 1. The lowest BCUT2D eigenvalue weighted by Gasteiger charge is -2.11. The molecule has 1 saturated heterocycles. The van der Waals surface area contributed by atoms with Crippen molar-refractivity contribution in [2.75, 3.05) is 23.8 Å². The predicted octanol–water partition coefficient (Wildman–Crippen LogP) is 3.41. The van der Waals surface area contributed by atoms with E-state index in [1.165, 1.54) is 0 Å². The molecule has 2 aromatic carbocycles. The van der Waals surface area contributed by atoms with Crippen molar-refractivity contribution in [2.45, 2.75) is 6.42 Å². The lowest BCUT2D eigenvalue weighted by atomic mass is 10.1. The number of hydrogen-bond acceptors (Lipinski definition) is 3. The summed E-state index contributed by atoms with van der Waals surface area (Å²) in [5.74, 6) is 0.0170. The van der Waals surface area contributed by atoms with Crippen molar-refractivity contribution in [3.63, 3.8) is 0 Å². The van der Waals surface area contributed by atoms with Crippen LogP contribution in [0.3, 0.4) is 0 Å². The highest BCUT2D eigenvalue weighted by Gasteiger charge is 2.23. The van der Waals surface area contributed by atoms with Gasteiger partial charge in [0.15, 0.2) is 0 Å². The minimum absolute atomic E-state index is 0.0212. The van der Waals surface area contributed by atoms with Crippen LogP contribution in [0.15, 0.2) is 54.6 Å². The SMILES string of the molecule is O=C(Nc1ccc(Nc2ccccc2)cc1)C1CCOC1. The highest BCUT2D eigenvalue weighted by molar-refractivity contribution is 5.93. The van der Waals surface area contributed by atoms with E-state index in [1.807, 2.05) is 54.6 Å². The third kappa shape index (κ3) is 3.61. The molecular weight excluding hydrogens is 264 g/mol. The summed E-state index contributed by atoms with van der Waals surface area (Å²) < 4.78 is 5.23. The first kappa shape index (κ1) is 13.6. The summed E-state index contributed by atoms with van der Waals surface area (Å²) in [5, 5.41) is 6.24. The van der Waals surface area contributed by atoms with E-state index < -0.39 is 0 Å². The minimum atomic E-state index is -0.0212. The molecule has 0 bridgehead atoms. The van der Waals surface area contributed by atoms with Crippen molar-refractivity contribution in [2.24, 2.45) is 5.92 Å². The monoisotopic (exact) mass is 282 g/mol. The van der Waals surface area contributed by atoms with Crippen molar-refractivity contribution < 1.29 is 9.53 Å². The molecule has 0 saturated carbocycles. The maximum absolute atomic E-state index is 12.0. The summed E-state index contributed by atoms with van der Waals surface area (Å²) in [6, 6.07) is 17.7. The van der Waals surface area contributed by atoms with Crippen LogP contribution >= 0.6 is 0 Å². The molecule has 0 aromatic heterocycles. The Hall–Kier alpha value is -2.33. The van der Waals surface area contributed by atoms with Gasteiger partial charge in [0.1, 0.15) is 0 Å². The molecule has 3 rings (SSSR count). The third-order valence-corrected chi connectivity index (χ3v) is 3.52. The molecule has 4 nitrogen and oxygen atoms in total. The minimum Gasteiger partial charge on any atom is -0.381 e. The number of rotatable bonds is 4. The van der Waals surface area contributed by atoms with E-state index in [-0.39, 0.29) is 11.8 Å². The van der Waals surface area contributed by atoms with Crippen molar-refractivity contribution in [1.29, 1.82) is 0 Å². The zero-order chi connectivity index (χ0) is 14.5. The molecule has 0 aliphatic carbocycles. The van der Waals surface area contributed by atoms with Crippen molar-refractivity contribution in [3.05, 3.63) is 54.6 Å². The van der Waals surface area contributed by atoms with E-state index in [1.54, 1.807) is 0 Å². The normalized spacial score (nSPS) is 17.4. The molecule has 1 aliphatic rings. The Kier molecular flexibility index (Phi) is 4.17. The molecule has 2 N–H and O–H groups in total. The summed E-state index contributed by atoms with van der Waals surface area (Å²) >= 11 is 0. The van der Waals surface area contributed by atoms with Gasteiger partial charge in [-0.15, -0.1) is 0 Å². The van der Waals surface area contributed by atoms with Crippen molar-refractivity contribution >= 4 is 23.0 Å². The fourth-order valence-electron chi connectivity index (χ4n) is 2.31. The van der Waals surface area contributed by atoms with Gasteiger partial charge in [-0.05, 0) is 42.8 Å². The van der Waals surface area contributed by atoms with Gasteiger partial charge in [0.05, 0.1) is 12.5 Å². The van der Waals surface area contributed by atoms with Gasteiger partial charge in [-0.1, -0.05) is 18.2 Å². The Labute approximate surface area is 124 Å². The van der Waals surface area contributed by atoms with Crippen LogP contribution in [0.4, 0.5) is 17.1 Å². The van der Waals surface area contributed by atoms with Crippen LogP contribution in [-0.2, 0) is 9.53 Å². The fraction of sp³-hybridized carbons (Fsp3) is 0.235. The van der Waals surface area contributed by atoms with Crippen LogP contribution in [0.25, 0.3) is 0 Å².